The number of nitrogens with two attached hydrogens (primary N) is 1. The van der Waals surface area contributed by atoms with E-state index in [-0.39, 0.29) is 17.4 Å². The van der Waals surface area contributed by atoms with Crippen LogP contribution in [0.25, 0.3) is 10.9 Å². The largest absolute Gasteiger partial charge is 0.366 e. The summed E-state index contributed by atoms with van der Waals surface area (Å²) in [6.45, 7) is 8.40. The molecule has 6 heteroatoms. The van der Waals surface area contributed by atoms with E-state index in [1.807, 2.05) is 13.8 Å². The number of carbonyl (C=O) groups excluding carboxylic acids is 2. The molecule has 0 unspecified atom stereocenters. The Morgan fingerprint density at radius 3 is 2.80 bits per heavy atom. The van der Waals surface area contributed by atoms with E-state index < -0.39 is 11.7 Å². The highest BCUT2D eigenvalue weighted by Crippen LogP contribution is 2.38. The van der Waals surface area contributed by atoms with Crippen molar-refractivity contribution in [3.63, 3.8) is 0 Å². The van der Waals surface area contributed by atoms with E-state index in [0.29, 0.717) is 29.6 Å². The zero-order valence-electron chi connectivity index (χ0n) is 14.5. The van der Waals surface area contributed by atoms with Crippen molar-refractivity contribution < 1.29 is 14.0 Å². The molecule has 1 atom stereocenters. The molecule has 0 spiro atoms. The minimum atomic E-state index is -0.663. The predicted molar refractivity (Wildman–Crippen MR) is 95.0 cm³/mol. The molecule has 132 valence electrons. The Balaban J connectivity index is 2.17. The number of halogens is 1. The van der Waals surface area contributed by atoms with Crippen molar-refractivity contribution in [2.24, 2.45) is 5.73 Å². The van der Waals surface area contributed by atoms with Crippen molar-refractivity contribution in [3.05, 3.63) is 46.9 Å². The number of likely N-dealkylation sites (tertiary alicyclic amines) is 1. The Morgan fingerprint density at radius 1 is 1.44 bits per heavy atom. The van der Waals surface area contributed by atoms with E-state index in [9.17, 15) is 14.0 Å². The summed E-state index contributed by atoms with van der Waals surface area (Å²) in [6, 6.07) is 1.21. The minimum Gasteiger partial charge on any atom is -0.366 e. The van der Waals surface area contributed by atoms with Gasteiger partial charge in [-0.1, -0.05) is 6.58 Å². The number of carbonyl (C=O) groups is 2. The van der Waals surface area contributed by atoms with Gasteiger partial charge in [-0.3, -0.25) is 9.59 Å². The first-order valence-corrected chi connectivity index (χ1v) is 8.37. The number of amides is 2. The van der Waals surface area contributed by atoms with Gasteiger partial charge in [0.2, 0.25) is 5.91 Å². The normalized spacial score (nSPS) is 17.7. The van der Waals surface area contributed by atoms with Gasteiger partial charge in [0, 0.05) is 35.7 Å². The van der Waals surface area contributed by atoms with Gasteiger partial charge in [0.25, 0.3) is 5.91 Å². The zero-order chi connectivity index (χ0) is 18.3. The van der Waals surface area contributed by atoms with Crippen molar-refractivity contribution in [1.29, 1.82) is 0 Å². The van der Waals surface area contributed by atoms with E-state index in [1.54, 1.807) is 4.90 Å². The minimum absolute atomic E-state index is 0.129. The van der Waals surface area contributed by atoms with Crippen LogP contribution >= 0.6 is 0 Å². The number of hydrogen-bond acceptors (Lipinski definition) is 2. The molecule has 1 aliphatic heterocycles. The second kappa shape index (κ2) is 6.35. The van der Waals surface area contributed by atoms with Gasteiger partial charge in [-0.05, 0) is 44.4 Å². The lowest BCUT2D eigenvalue weighted by atomic mass is 9.86. The highest BCUT2D eigenvalue weighted by molar-refractivity contribution is 6.07. The van der Waals surface area contributed by atoms with E-state index >= 15 is 0 Å². The van der Waals surface area contributed by atoms with Crippen LogP contribution in [0, 0.1) is 19.7 Å². The van der Waals surface area contributed by atoms with Crippen LogP contribution in [0.1, 0.15) is 45.9 Å². The van der Waals surface area contributed by atoms with Crippen molar-refractivity contribution >= 4 is 22.7 Å². The summed E-state index contributed by atoms with van der Waals surface area (Å²) in [5.41, 5.74) is 8.49. The molecule has 1 fully saturated rings. The number of benzene rings is 1. The average Bonchev–Trinajstić information content (AvgIpc) is 2.88. The smallest absolute Gasteiger partial charge is 0.250 e. The van der Waals surface area contributed by atoms with Gasteiger partial charge < -0.3 is 15.6 Å². The molecular formula is C19H22FN3O2. The summed E-state index contributed by atoms with van der Waals surface area (Å²) >= 11 is 0. The molecule has 2 aromatic rings. The van der Waals surface area contributed by atoms with E-state index in [1.165, 1.54) is 12.1 Å². The molecular weight excluding hydrogens is 321 g/mol. The highest BCUT2D eigenvalue weighted by Gasteiger charge is 2.29. The van der Waals surface area contributed by atoms with Gasteiger partial charge in [0.1, 0.15) is 5.82 Å². The summed E-state index contributed by atoms with van der Waals surface area (Å²) in [7, 11) is 0. The predicted octanol–water partition coefficient (Wildman–Crippen LogP) is 2.91. The third-order valence-electron chi connectivity index (χ3n) is 5.15. The van der Waals surface area contributed by atoms with Gasteiger partial charge in [0.15, 0.2) is 0 Å². The maximum Gasteiger partial charge on any atom is 0.250 e. The Labute approximate surface area is 145 Å². The summed E-state index contributed by atoms with van der Waals surface area (Å²) in [5.74, 6) is -1.38. The lowest BCUT2D eigenvalue weighted by Gasteiger charge is -2.33. The van der Waals surface area contributed by atoms with Crippen LogP contribution in [0.5, 0.6) is 0 Å². The number of H-pyrrole nitrogens is 1. The van der Waals surface area contributed by atoms with Crippen LogP contribution < -0.4 is 5.73 Å². The molecule has 0 saturated carbocycles. The Kier molecular flexibility index (Phi) is 4.37. The van der Waals surface area contributed by atoms with Gasteiger partial charge in [-0.25, -0.2) is 4.39 Å². The Bertz CT molecular complexity index is 885. The van der Waals surface area contributed by atoms with Crippen LogP contribution in [0.15, 0.2) is 18.7 Å². The molecule has 1 aromatic carbocycles. The molecule has 5 nitrogen and oxygen atoms in total. The number of nitrogens with one attached hydrogen (secondary N) is 1. The summed E-state index contributed by atoms with van der Waals surface area (Å²) in [4.78, 5) is 28.5. The Hall–Kier alpha value is -2.63. The van der Waals surface area contributed by atoms with E-state index in [0.717, 1.165) is 24.1 Å². The van der Waals surface area contributed by atoms with Crippen LogP contribution in [0.2, 0.25) is 0 Å². The molecule has 2 heterocycles. The maximum atomic E-state index is 15.0. The number of aromatic nitrogens is 1. The molecule has 25 heavy (non-hydrogen) atoms. The lowest BCUT2D eigenvalue weighted by Crippen LogP contribution is -2.38. The van der Waals surface area contributed by atoms with Gasteiger partial charge >= 0.3 is 0 Å². The molecule has 3 N–H and O–H groups in total. The lowest BCUT2D eigenvalue weighted by molar-refractivity contribution is -0.127. The first-order chi connectivity index (χ1) is 11.8. The average molecular weight is 343 g/mol. The van der Waals surface area contributed by atoms with Crippen LogP contribution in [0.3, 0.4) is 0 Å². The summed E-state index contributed by atoms with van der Waals surface area (Å²) < 4.78 is 15.0. The molecule has 1 aromatic heterocycles. The molecule has 0 aliphatic carbocycles. The number of rotatable bonds is 3. The molecule has 1 aliphatic rings. The van der Waals surface area contributed by atoms with Crippen molar-refractivity contribution in [2.75, 3.05) is 13.1 Å². The fourth-order valence-electron chi connectivity index (χ4n) is 3.79. The second-order valence-electron chi connectivity index (χ2n) is 6.64. The molecule has 0 radical (unpaired) electrons. The zero-order valence-corrected chi connectivity index (χ0v) is 14.5. The maximum absolute atomic E-state index is 15.0. The quantitative estimate of drug-likeness (QED) is 0.841. The third kappa shape index (κ3) is 2.81. The first-order valence-electron chi connectivity index (χ1n) is 8.37. The second-order valence-corrected chi connectivity index (χ2v) is 6.64. The summed E-state index contributed by atoms with van der Waals surface area (Å²) in [6.07, 6.45) is 2.87. The molecule has 1 saturated heterocycles. The SMILES string of the molecule is C=CC(=O)N1CCC[C@H](c2c(F)cc(C(N)=O)c3[nH]c(C)c(C)c23)C1. The monoisotopic (exact) mass is 343 g/mol. The number of aromatic amines is 1. The topological polar surface area (TPSA) is 79.2 Å². The number of aryl methyl sites for hydroxylation is 2. The third-order valence-corrected chi connectivity index (χ3v) is 5.15. The Morgan fingerprint density at radius 2 is 2.16 bits per heavy atom. The van der Waals surface area contributed by atoms with E-state index in [2.05, 4.69) is 11.6 Å². The standard InChI is InChI=1S/C19H22FN3O2/c1-4-15(24)23-7-5-6-12(9-23)17-14(20)8-13(19(21)25)18-16(17)10(2)11(3)22-18/h4,8,12,22H,1,5-7,9H2,2-3H3,(H2,21,25)/t12-/m0/s1. The van der Waals surface area contributed by atoms with Gasteiger partial charge in [-0.2, -0.15) is 0 Å². The summed E-state index contributed by atoms with van der Waals surface area (Å²) in [5, 5.41) is 0.712. The van der Waals surface area contributed by atoms with Crippen molar-refractivity contribution in [2.45, 2.75) is 32.6 Å². The number of hydrogen-bond donors (Lipinski definition) is 2. The van der Waals surface area contributed by atoms with Crippen molar-refractivity contribution in [3.8, 4) is 0 Å². The molecule has 2 amide bonds. The highest BCUT2D eigenvalue weighted by atomic mass is 19.1. The van der Waals surface area contributed by atoms with Crippen molar-refractivity contribution in [1.82, 2.24) is 9.88 Å². The number of nitrogens with zero attached hydrogens (tertiary/aromatic N) is 1. The fraction of sp³-hybridized carbons (Fsp3) is 0.368. The number of primary amides is 1. The van der Waals surface area contributed by atoms with Crippen LogP contribution in [0.4, 0.5) is 4.39 Å². The number of piperidine rings is 1. The van der Waals surface area contributed by atoms with Crippen LogP contribution in [-0.4, -0.2) is 34.8 Å². The first kappa shape index (κ1) is 17.2. The number of fused-ring (bicyclic) bond motifs is 1. The van der Waals surface area contributed by atoms with Crippen LogP contribution in [-0.2, 0) is 4.79 Å². The molecule has 3 rings (SSSR count). The van der Waals surface area contributed by atoms with E-state index in [4.69, 9.17) is 5.73 Å². The molecule has 0 bridgehead atoms. The van der Waals surface area contributed by atoms with Gasteiger partial charge in [0.05, 0.1) is 11.1 Å². The fourth-order valence-corrected chi connectivity index (χ4v) is 3.79. The van der Waals surface area contributed by atoms with Gasteiger partial charge in [-0.15, -0.1) is 0 Å².